The Morgan fingerprint density at radius 3 is 2.65 bits per heavy atom. The summed E-state index contributed by atoms with van der Waals surface area (Å²) in [5.74, 6) is 0.193. The number of aromatic nitrogens is 1. The third-order valence-electron chi connectivity index (χ3n) is 3.84. The molecule has 1 fully saturated rings. The number of aromatic carboxylic acids is 1. The second-order valence-corrected chi connectivity index (χ2v) is 5.80. The van der Waals surface area contributed by atoms with E-state index in [1.165, 1.54) is 13.2 Å². The maximum absolute atomic E-state index is 10.9. The van der Waals surface area contributed by atoms with Crippen molar-refractivity contribution < 1.29 is 23.9 Å². The van der Waals surface area contributed by atoms with Crippen LogP contribution in [0.15, 0.2) is 22.7 Å². The number of carboxylic acid groups (broad SMARTS) is 1. The van der Waals surface area contributed by atoms with Crippen LogP contribution in [0.25, 0.3) is 11.3 Å². The lowest BCUT2D eigenvalue weighted by Crippen LogP contribution is -2.11. The Morgan fingerprint density at radius 1 is 1.30 bits per heavy atom. The van der Waals surface area contributed by atoms with E-state index in [4.69, 9.17) is 30.7 Å². The molecule has 23 heavy (non-hydrogen) atoms. The second kappa shape index (κ2) is 6.50. The van der Waals surface area contributed by atoms with Crippen molar-refractivity contribution in [3.63, 3.8) is 0 Å². The number of hydrogen-bond acceptors (Lipinski definition) is 5. The van der Waals surface area contributed by atoms with Crippen molar-refractivity contribution in [3.05, 3.63) is 28.9 Å². The van der Waals surface area contributed by atoms with Crippen LogP contribution in [-0.4, -0.2) is 29.4 Å². The minimum absolute atomic E-state index is 0.176. The molecule has 122 valence electrons. The molecule has 0 unspecified atom stereocenters. The molecule has 1 heterocycles. The van der Waals surface area contributed by atoms with Gasteiger partial charge in [0.25, 0.3) is 0 Å². The topological polar surface area (TPSA) is 81.8 Å². The summed E-state index contributed by atoms with van der Waals surface area (Å²) in [6, 6.07) is 4.65. The maximum Gasteiger partial charge on any atom is 0.358 e. The highest BCUT2D eigenvalue weighted by molar-refractivity contribution is 6.33. The molecule has 1 aromatic heterocycles. The van der Waals surface area contributed by atoms with Crippen molar-refractivity contribution >= 4 is 17.6 Å². The molecular formula is C16H16ClNO5. The molecule has 7 heteroatoms. The number of halogens is 1. The Labute approximate surface area is 137 Å². The molecule has 0 spiro atoms. The number of methoxy groups -OCH3 is 1. The van der Waals surface area contributed by atoms with Crippen LogP contribution < -0.4 is 9.47 Å². The SMILES string of the molecule is COc1cc(-c2cc(C(=O)O)no2)c(Cl)cc1OC1CCCC1. The van der Waals surface area contributed by atoms with Gasteiger partial charge in [0, 0.05) is 17.7 Å². The van der Waals surface area contributed by atoms with Gasteiger partial charge < -0.3 is 19.1 Å². The zero-order chi connectivity index (χ0) is 16.4. The van der Waals surface area contributed by atoms with Crippen molar-refractivity contribution in [3.8, 4) is 22.8 Å². The molecule has 0 aliphatic heterocycles. The largest absolute Gasteiger partial charge is 0.493 e. The lowest BCUT2D eigenvalue weighted by Gasteiger charge is -2.17. The standard InChI is InChI=1S/C16H16ClNO5/c1-21-14-6-10(13-8-12(16(19)20)18-23-13)11(17)7-15(14)22-9-4-2-3-5-9/h6-9H,2-5H2,1H3,(H,19,20). The fourth-order valence-corrected chi connectivity index (χ4v) is 2.91. The number of rotatable bonds is 5. The predicted octanol–water partition coefficient (Wildman–Crippen LogP) is 4.02. The Balaban J connectivity index is 1.93. The molecule has 6 nitrogen and oxygen atoms in total. The summed E-state index contributed by atoms with van der Waals surface area (Å²) in [5, 5.41) is 12.8. The van der Waals surface area contributed by atoms with E-state index in [-0.39, 0.29) is 17.6 Å². The minimum atomic E-state index is -1.16. The Bertz CT molecular complexity index is 721. The average Bonchev–Trinajstić information content (AvgIpc) is 3.18. The van der Waals surface area contributed by atoms with Gasteiger partial charge in [-0.05, 0) is 31.7 Å². The van der Waals surface area contributed by atoms with Gasteiger partial charge in [-0.25, -0.2) is 4.79 Å². The molecule has 1 N–H and O–H groups in total. The third-order valence-corrected chi connectivity index (χ3v) is 4.16. The van der Waals surface area contributed by atoms with Gasteiger partial charge in [-0.2, -0.15) is 0 Å². The lowest BCUT2D eigenvalue weighted by molar-refractivity contribution is 0.0686. The fourth-order valence-electron chi connectivity index (χ4n) is 2.66. The molecule has 0 radical (unpaired) electrons. The van der Waals surface area contributed by atoms with Crippen molar-refractivity contribution in [2.45, 2.75) is 31.8 Å². The number of hydrogen-bond donors (Lipinski definition) is 1. The molecule has 1 saturated carbocycles. The van der Waals surface area contributed by atoms with Crippen LogP contribution in [0.5, 0.6) is 11.5 Å². The summed E-state index contributed by atoms with van der Waals surface area (Å²) in [5.41, 5.74) is 0.323. The van der Waals surface area contributed by atoms with E-state index in [0.717, 1.165) is 25.7 Å². The quantitative estimate of drug-likeness (QED) is 0.887. The van der Waals surface area contributed by atoms with Crippen LogP contribution in [0, 0.1) is 0 Å². The first-order valence-corrected chi connectivity index (χ1v) is 7.71. The Kier molecular flexibility index (Phi) is 4.43. The van der Waals surface area contributed by atoms with E-state index in [9.17, 15) is 4.79 Å². The molecule has 1 aliphatic rings. The van der Waals surface area contributed by atoms with Crippen LogP contribution in [0.3, 0.4) is 0 Å². The minimum Gasteiger partial charge on any atom is -0.493 e. The number of nitrogens with zero attached hydrogens (tertiary/aromatic N) is 1. The van der Waals surface area contributed by atoms with Gasteiger partial charge in [0.1, 0.15) is 0 Å². The number of carbonyl (C=O) groups is 1. The van der Waals surface area contributed by atoms with Crippen LogP contribution in [0.4, 0.5) is 0 Å². The first kappa shape index (κ1) is 15.7. The molecule has 1 aromatic carbocycles. The van der Waals surface area contributed by atoms with Crippen LogP contribution in [0.2, 0.25) is 5.02 Å². The molecule has 0 bridgehead atoms. The summed E-state index contributed by atoms with van der Waals surface area (Å²) >= 11 is 6.30. The summed E-state index contributed by atoms with van der Waals surface area (Å²) < 4.78 is 16.4. The molecule has 2 aromatic rings. The Hall–Kier alpha value is -2.21. The summed E-state index contributed by atoms with van der Waals surface area (Å²) in [6.45, 7) is 0. The van der Waals surface area contributed by atoms with Crippen LogP contribution >= 0.6 is 11.6 Å². The molecule has 0 atom stereocenters. The summed E-state index contributed by atoms with van der Waals surface area (Å²) in [7, 11) is 1.54. The fraction of sp³-hybridized carbons (Fsp3) is 0.375. The van der Waals surface area contributed by atoms with E-state index in [1.807, 2.05) is 0 Å². The first-order chi connectivity index (χ1) is 11.1. The highest BCUT2D eigenvalue weighted by Crippen LogP contribution is 2.40. The smallest absolute Gasteiger partial charge is 0.358 e. The van der Waals surface area contributed by atoms with E-state index in [0.29, 0.717) is 22.1 Å². The van der Waals surface area contributed by atoms with Crippen molar-refractivity contribution in [1.82, 2.24) is 5.16 Å². The monoisotopic (exact) mass is 337 g/mol. The molecule has 0 amide bonds. The summed E-state index contributed by atoms with van der Waals surface area (Å²) in [4.78, 5) is 10.9. The second-order valence-electron chi connectivity index (χ2n) is 5.39. The van der Waals surface area contributed by atoms with E-state index >= 15 is 0 Å². The van der Waals surface area contributed by atoms with Crippen LogP contribution in [-0.2, 0) is 0 Å². The summed E-state index contributed by atoms with van der Waals surface area (Å²) in [6.07, 6.45) is 4.54. The van der Waals surface area contributed by atoms with Crippen molar-refractivity contribution in [2.24, 2.45) is 0 Å². The highest BCUT2D eigenvalue weighted by Gasteiger charge is 2.21. The van der Waals surface area contributed by atoms with Gasteiger partial charge in [0.2, 0.25) is 0 Å². The maximum atomic E-state index is 10.9. The Morgan fingerprint density at radius 2 is 2.04 bits per heavy atom. The molecule has 1 aliphatic carbocycles. The number of benzene rings is 1. The first-order valence-electron chi connectivity index (χ1n) is 7.33. The molecular weight excluding hydrogens is 322 g/mol. The van der Waals surface area contributed by atoms with Gasteiger partial charge in [-0.3, -0.25) is 0 Å². The lowest BCUT2D eigenvalue weighted by atomic mass is 10.1. The van der Waals surface area contributed by atoms with Crippen molar-refractivity contribution in [2.75, 3.05) is 7.11 Å². The van der Waals surface area contributed by atoms with Gasteiger partial charge in [0.15, 0.2) is 23.0 Å². The zero-order valence-electron chi connectivity index (χ0n) is 12.5. The van der Waals surface area contributed by atoms with Crippen molar-refractivity contribution in [1.29, 1.82) is 0 Å². The molecule has 3 rings (SSSR count). The van der Waals surface area contributed by atoms with E-state index < -0.39 is 5.97 Å². The number of carboxylic acids is 1. The highest BCUT2D eigenvalue weighted by atomic mass is 35.5. The van der Waals surface area contributed by atoms with Gasteiger partial charge in [-0.15, -0.1) is 0 Å². The van der Waals surface area contributed by atoms with Gasteiger partial charge in [-0.1, -0.05) is 16.8 Å². The third kappa shape index (κ3) is 3.27. The number of ether oxygens (including phenoxy) is 2. The molecule has 0 saturated heterocycles. The van der Waals surface area contributed by atoms with Crippen LogP contribution in [0.1, 0.15) is 36.2 Å². The normalized spacial score (nSPS) is 14.9. The van der Waals surface area contributed by atoms with E-state index in [1.54, 1.807) is 12.1 Å². The zero-order valence-corrected chi connectivity index (χ0v) is 13.3. The van der Waals surface area contributed by atoms with Gasteiger partial charge >= 0.3 is 5.97 Å². The predicted molar refractivity (Wildman–Crippen MR) is 83.3 cm³/mol. The van der Waals surface area contributed by atoms with E-state index in [2.05, 4.69) is 5.16 Å². The van der Waals surface area contributed by atoms with Gasteiger partial charge in [0.05, 0.1) is 18.2 Å². The average molecular weight is 338 g/mol.